The Labute approximate surface area is 231 Å². The zero-order valence-electron chi connectivity index (χ0n) is 23.0. The SMILES string of the molecule is CCCCCCCCCCCCCCCCCCS(=O)(=O)OCCCCCCCCCC.[Na]. The maximum Gasteiger partial charge on any atom is 0.267 e. The van der Waals surface area contributed by atoms with Gasteiger partial charge in [0.05, 0.1) is 12.4 Å². The molecule has 3 nitrogen and oxygen atoms in total. The predicted molar refractivity (Wildman–Crippen MR) is 148 cm³/mol. The monoisotopic (exact) mass is 497 g/mol. The summed E-state index contributed by atoms with van der Waals surface area (Å²) in [5.41, 5.74) is 0. The van der Waals surface area contributed by atoms with E-state index in [0.717, 1.165) is 32.1 Å². The summed E-state index contributed by atoms with van der Waals surface area (Å²) in [7, 11) is -3.31. The third-order valence-corrected chi connectivity index (χ3v) is 7.82. The van der Waals surface area contributed by atoms with Gasteiger partial charge in [0, 0.05) is 29.6 Å². The second-order valence-corrected chi connectivity index (χ2v) is 11.6. The zero-order chi connectivity index (χ0) is 23.6. The van der Waals surface area contributed by atoms with Crippen LogP contribution in [0.1, 0.15) is 168 Å². The van der Waals surface area contributed by atoms with Crippen LogP contribution >= 0.6 is 0 Å². The van der Waals surface area contributed by atoms with Crippen LogP contribution in [0.3, 0.4) is 0 Å². The third-order valence-electron chi connectivity index (χ3n) is 6.51. The van der Waals surface area contributed by atoms with Crippen LogP contribution in [0, 0.1) is 0 Å². The van der Waals surface area contributed by atoms with Crippen LogP contribution in [-0.2, 0) is 14.3 Å². The predicted octanol–water partition coefficient (Wildman–Crippen LogP) is 9.35. The molecule has 0 aliphatic carbocycles. The molecular formula is C28H58NaO3S. The molecule has 0 fully saturated rings. The molecule has 0 amide bonds. The molecular weight excluding hydrogens is 439 g/mol. The third kappa shape index (κ3) is 30.9. The van der Waals surface area contributed by atoms with Gasteiger partial charge in [-0.3, -0.25) is 4.18 Å². The van der Waals surface area contributed by atoms with Gasteiger partial charge in [-0.05, 0) is 12.8 Å². The smallest absolute Gasteiger partial charge is 0.267 e. The Bertz CT molecular complexity index is 454. The van der Waals surface area contributed by atoms with Crippen molar-refractivity contribution < 1.29 is 12.6 Å². The molecule has 33 heavy (non-hydrogen) atoms. The second kappa shape index (κ2) is 29.1. The molecule has 0 aromatic heterocycles. The Balaban J connectivity index is 0. The van der Waals surface area contributed by atoms with E-state index in [1.165, 1.54) is 122 Å². The topological polar surface area (TPSA) is 43.4 Å². The minimum absolute atomic E-state index is 0. The Kier molecular flexibility index (Phi) is 31.9. The fraction of sp³-hybridized carbons (Fsp3) is 1.00. The van der Waals surface area contributed by atoms with Crippen LogP contribution in [-0.4, -0.2) is 50.3 Å². The Morgan fingerprint density at radius 3 is 1.03 bits per heavy atom. The maximum atomic E-state index is 12.0. The molecule has 0 heterocycles. The number of hydrogen-bond donors (Lipinski definition) is 0. The van der Waals surface area contributed by atoms with Gasteiger partial charge in [-0.2, -0.15) is 8.42 Å². The first-order valence-electron chi connectivity index (χ1n) is 14.5. The molecule has 0 aliphatic rings. The van der Waals surface area contributed by atoms with Crippen LogP contribution < -0.4 is 0 Å². The van der Waals surface area contributed by atoms with Gasteiger partial charge in [0.15, 0.2) is 0 Å². The van der Waals surface area contributed by atoms with Crippen molar-refractivity contribution >= 4 is 39.7 Å². The normalized spacial score (nSPS) is 11.6. The van der Waals surface area contributed by atoms with Crippen LogP contribution in [0.15, 0.2) is 0 Å². The van der Waals surface area contributed by atoms with E-state index in [-0.39, 0.29) is 35.3 Å². The molecule has 0 rings (SSSR count). The molecule has 0 N–H and O–H groups in total. The van der Waals surface area contributed by atoms with Crippen molar-refractivity contribution in [3.63, 3.8) is 0 Å². The molecule has 1 radical (unpaired) electrons. The van der Waals surface area contributed by atoms with Crippen molar-refractivity contribution in [2.24, 2.45) is 0 Å². The van der Waals surface area contributed by atoms with Gasteiger partial charge >= 0.3 is 0 Å². The van der Waals surface area contributed by atoms with Gasteiger partial charge in [0.25, 0.3) is 10.1 Å². The molecule has 0 saturated heterocycles. The van der Waals surface area contributed by atoms with E-state index in [1.807, 2.05) is 0 Å². The molecule has 5 heteroatoms. The molecule has 0 aliphatic heterocycles. The quantitative estimate of drug-likeness (QED) is 0.0645. The molecule has 0 aromatic carbocycles. The molecule has 195 valence electrons. The number of rotatable bonds is 27. The fourth-order valence-electron chi connectivity index (χ4n) is 4.31. The first-order valence-corrected chi connectivity index (χ1v) is 16.1. The summed E-state index contributed by atoms with van der Waals surface area (Å²) in [6.07, 6.45) is 30.5. The molecule has 0 atom stereocenters. The van der Waals surface area contributed by atoms with Gasteiger partial charge in [0.2, 0.25) is 0 Å². The van der Waals surface area contributed by atoms with Crippen LogP contribution in [0.5, 0.6) is 0 Å². The summed E-state index contributed by atoms with van der Waals surface area (Å²) in [6, 6.07) is 0. The van der Waals surface area contributed by atoms with Gasteiger partial charge in [-0.25, -0.2) is 0 Å². The van der Waals surface area contributed by atoms with Gasteiger partial charge in [-0.1, -0.05) is 155 Å². The van der Waals surface area contributed by atoms with E-state index in [1.54, 1.807) is 0 Å². The van der Waals surface area contributed by atoms with E-state index in [0.29, 0.717) is 6.61 Å². The van der Waals surface area contributed by atoms with Crippen molar-refractivity contribution in [2.75, 3.05) is 12.4 Å². The summed E-state index contributed by atoms with van der Waals surface area (Å²) in [5.74, 6) is 0.197. The second-order valence-electron chi connectivity index (χ2n) is 9.86. The summed E-state index contributed by atoms with van der Waals surface area (Å²) in [5, 5.41) is 0. The molecule has 0 saturated carbocycles. The van der Waals surface area contributed by atoms with Crippen LogP contribution in [0.25, 0.3) is 0 Å². The Hall–Kier alpha value is 0.910. The summed E-state index contributed by atoms with van der Waals surface area (Å²) in [4.78, 5) is 0. The minimum atomic E-state index is -3.31. The van der Waals surface area contributed by atoms with E-state index in [4.69, 9.17) is 4.18 Å². The van der Waals surface area contributed by atoms with E-state index in [9.17, 15) is 8.42 Å². The van der Waals surface area contributed by atoms with E-state index < -0.39 is 10.1 Å². The standard InChI is InChI=1S/C28H58O3S.Na/c1-3-5-7-9-11-13-14-15-16-17-18-19-20-22-24-26-28-32(29,30)31-27-25-23-21-12-10-8-6-4-2;/h3-28H2,1-2H3;. The van der Waals surface area contributed by atoms with Crippen molar-refractivity contribution in [3.05, 3.63) is 0 Å². The van der Waals surface area contributed by atoms with Gasteiger partial charge < -0.3 is 0 Å². The van der Waals surface area contributed by atoms with E-state index in [2.05, 4.69) is 13.8 Å². The summed E-state index contributed by atoms with van der Waals surface area (Å²) < 4.78 is 29.1. The first-order chi connectivity index (χ1) is 15.6. The molecule has 0 spiro atoms. The molecule has 0 bridgehead atoms. The van der Waals surface area contributed by atoms with Crippen molar-refractivity contribution in [3.8, 4) is 0 Å². The van der Waals surface area contributed by atoms with Crippen molar-refractivity contribution in [2.45, 2.75) is 168 Å². The van der Waals surface area contributed by atoms with Crippen molar-refractivity contribution in [1.29, 1.82) is 0 Å². The molecule has 0 aromatic rings. The maximum absolute atomic E-state index is 12.0. The van der Waals surface area contributed by atoms with Crippen LogP contribution in [0.4, 0.5) is 0 Å². The first kappa shape index (κ1) is 36.1. The zero-order valence-corrected chi connectivity index (χ0v) is 25.8. The minimum Gasteiger partial charge on any atom is -0.270 e. The van der Waals surface area contributed by atoms with Crippen molar-refractivity contribution in [1.82, 2.24) is 0 Å². The van der Waals surface area contributed by atoms with Gasteiger partial charge in [0.1, 0.15) is 0 Å². The largest absolute Gasteiger partial charge is 0.270 e. The summed E-state index contributed by atoms with van der Waals surface area (Å²) in [6.45, 7) is 4.88. The molecule has 0 unspecified atom stereocenters. The number of hydrogen-bond acceptors (Lipinski definition) is 3. The fourth-order valence-corrected chi connectivity index (χ4v) is 5.36. The average molecular weight is 498 g/mol. The Morgan fingerprint density at radius 2 is 0.697 bits per heavy atom. The summed E-state index contributed by atoms with van der Waals surface area (Å²) >= 11 is 0. The Morgan fingerprint density at radius 1 is 0.424 bits per heavy atom. The van der Waals surface area contributed by atoms with E-state index >= 15 is 0 Å². The average Bonchev–Trinajstić information content (AvgIpc) is 2.77. The number of unbranched alkanes of at least 4 members (excludes halogenated alkanes) is 22. The van der Waals surface area contributed by atoms with Gasteiger partial charge in [-0.15, -0.1) is 0 Å². The van der Waals surface area contributed by atoms with Crippen LogP contribution in [0.2, 0.25) is 0 Å².